The van der Waals surface area contributed by atoms with Crippen LogP contribution in [-0.2, 0) is 0 Å². The molecule has 18 heavy (non-hydrogen) atoms. The summed E-state index contributed by atoms with van der Waals surface area (Å²) in [7, 11) is 4.04. The normalized spacial score (nSPS) is 11.7. The van der Waals surface area contributed by atoms with Crippen LogP contribution in [0, 0.1) is 0 Å². The Balaban J connectivity index is 2.73. The molecule has 0 amide bonds. The number of hydrogen-bond donors (Lipinski definition) is 1. The highest BCUT2D eigenvalue weighted by molar-refractivity contribution is 6.28. The summed E-state index contributed by atoms with van der Waals surface area (Å²) >= 11 is 5.81. The molecule has 0 fully saturated rings. The van der Waals surface area contributed by atoms with Crippen molar-refractivity contribution in [3.63, 3.8) is 0 Å². The monoisotopic (exact) mass is 273 g/mol. The van der Waals surface area contributed by atoms with Gasteiger partial charge in [0.15, 0.2) is 0 Å². The van der Waals surface area contributed by atoms with Crippen molar-refractivity contribution in [3.8, 4) is 6.01 Å². The predicted octanol–water partition coefficient (Wildman–Crippen LogP) is 1.68. The first-order valence-electron chi connectivity index (χ1n) is 5.81. The van der Waals surface area contributed by atoms with Crippen LogP contribution < -0.4 is 10.1 Å². The van der Waals surface area contributed by atoms with Gasteiger partial charge in [0, 0.05) is 12.1 Å². The summed E-state index contributed by atoms with van der Waals surface area (Å²) in [5, 5.41) is 3.26. The number of aromatic nitrogens is 3. The lowest BCUT2D eigenvalue weighted by Gasteiger charge is -2.32. The van der Waals surface area contributed by atoms with E-state index in [1.165, 1.54) is 0 Å². The number of nitrogens with one attached hydrogen (secondary N) is 1. The van der Waals surface area contributed by atoms with Gasteiger partial charge in [-0.25, -0.2) is 0 Å². The number of rotatable bonds is 6. The fourth-order valence-electron chi connectivity index (χ4n) is 1.06. The fourth-order valence-corrected chi connectivity index (χ4v) is 1.21. The summed E-state index contributed by atoms with van der Waals surface area (Å²) in [5.41, 5.74) is -0.0229. The molecular weight excluding hydrogens is 254 g/mol. The number of anilines is 1. The van der Waals surface area contributed by atoms with Crippen LogP contribution in [0.15, 0.2) is 0 Å². The lowest BCUT2D eigenvalue weighted by molar-refractivity contribution is 0.209. The van der Waals surface area contributed by atoms with Crippen LogP contribution in [0.25, 0.3) is 0 Å². The second-order valence-corrected chi connectivity index (χ2v) is 5.04. The molecule has 0 unspecified atom stereocenters. The Morgan fingerprint density at radius 1 is 1.28 bits per heavy atom. The predicted molar refractivity (Wildman–Crippen MR) is 72.3 cm³/mol. The van der Waals surface area contributed by atoms with E-state index in [0.717, 1.165) is 0 Å². The van der Waals surface area contributed by atoms with Gasteiger partial charge in [-0.1, -0.05) is 0 Å². The van der Waals surface area contributed by atoms with Crippen LogP contribution in [0.2, 0.25) is 5.28 Å². The molecule has 0 atom stereocenters. The molecule has 6 nitrogen and oxygen atoms in total. The maximum Gasteiger partial charge on any atom is 0.322 e. The van der Waals surface area contributed by atoms with E-state index in [1.54, 1.807) is 0 Å². The third-order valence-corrected chi connectivity index (χ3v) is 2.92. The molecule has 0 spiro atoms. The Labute approximate surface area is 113 Å². The smallest absolute Gasteiger partial charge is 0.322 e. The molecule has 1 rings (SSSR count). The second-order valence-electron chi connectivity index (χ2n) is 4.70. The minimum Gasteiger partial charge on any atom is -0.464 e. The van der Waals surface area contributed by atoms with Crippen molar-refractivity contribution in [3.05, 3.63) is 5.28 Å². The van der Waals surface area contributed by atoms with Gasteiger partial charge in [0.25, 0.3) is 0 Å². The number of halogens is 1. The number of likely N-dealkylation sites (N-methyl/N-ethyl adjacent to an activating group) is 1. The van der Waals surface area contributed by atoms with Crippen molar-refractivity contribution in [2.75, 3.05) is 32.6 Å². The molecule has 1 N–H and O–H groups in total. The van der Waals surface area contributed by atoms with E-state index in [9.17, 15) is 0 Å². The summed E-state index contributed by atoms with van der Waals surface area (Å²) in [6.07, 6.45) is 0. The SMILES string of the molecule is CCOc1nc(Cl)nc(NCC(C)(C)N(C)C)n1. The third-order valence-electron chi connectivity index (χ3n) is 2.75. The largest absolute Gasteiger partial charge is 0.464 e. The van der Waals surface area contributed by atoms with E-state index in [2.05, 4.69) is 39.0 Å². The average Bonchev–Trinajstić information content (AvgIpc) is 2.26. The topological polar surface area (TPSA) is 63.2 Å². The molecule has 1 aromatic rings. The number of ether oxygens (including phenoxy) is 1. The van der Waals surface area contributed by atoms with Crippen LogP contribution in [-0.4, -0.2) is 52.6 Å². The van der Waals surface area contributed by atoms with Crippen LogP contribution in [0.1, 0.15) is 20.8 Å². The minimum absolute atomic E-state index is 0.0229. The van der Waals surface area contributed by atoms with Gasteiger partial charge in [-0.15, -0.1) is 0 Å². The first kappa shape index (κ1) is 14.9. The average molecular weight is 274 g/mol. The van der Waals surface area contributed by atoms with Crippen LogP contribution >= 0.6 is 11.6 Å². The molecule has 0 aliphatic heterocycles. The Hall–Kier alpha value is -1.14. The zero-order valence-electron chi connectivity index (χ0n) is 11.5. The first-order chi connectivity index (χ1) is 8.35. The Morgan fingerprint density at radius 3 is 2.50 bits per heavy atom. The van der Waals surface area contributed by atoms with E-state index in [4.69, 9.17) is 16.3 Å². The molecule has 1 heterocycles. The zero-order chi connectivity index (χ0) is 13.8. The quantitative estimate of drug-likeness (QED) is 0.851. The molecule has 7 heteroatoms. The Bertz CT molecular complexity index is 397. The van der Waals surface area contributed by atoms with E-state index in [0.29, 0.717) is 19.1 Å². The lowest BCUT2D eigenvalue weighted by atomic mass is 10.1. The fraction of sp³-hybridized carbons (Fsp3) is 0.727. The Kier molecular flexibility index (Phi) is 5.10. The highest BCUT2D eigenvalue weighted by Crippen LogP contribution is 2.14. The van der Waals surface area contributed by atoms with Crippen molar-refractivity contribution in [2.24, 2.45) is 0 Å². The molecule has 0 saturated carbocycles. The van der Waals surface area contributed by atoms with E-state index < -0.39 is 0 Å². The molecule has 0 aromatic carbocycles. The van der Waals surface area contributed by atoms with Gasteiger partial charge in [-0.2, -0.15) is 15.0 Å². The van der Waals surface area contributed by atoms with Gasteiger partial charge < -0.3 is 15.0 Å². The van der Waals surface area contributed by atoms with E-state index in [-0.39, 0.29) is 16.8 Å². The molecule has 0 saturated heterocycles. The molecular formula is C11H20ClN5O. The second kappa shape index (κ2) is 6.15. The van der Waals surface area contributed by atoms with Gasteiger partial charge in [-0.05, 0) is 46.5 Å². The van der Waals surface area contributed by atoms with Crippen molar-refractivity contribution >= 4 is 17.5 Å². The summed E-state index contributed by atoms with van der Waals surface area (Å²) in [6, 6.07) is 0.239. The molecule has 0 radical (unpaired) electrons. The van der Waals surface area contributed by atoms with Crippen molar-refractivity contribution in [1.82, 2.24) is 19.9 Å². The number of hydrogen-bond acceptors (Lipinski definition) is 6. The maximum absolute atomic E-state index is 5.81. The number of nitrogens with zero attached hydrogens (tertiary/aromatic N) is 4. The summed E-state index contributed by atoms with van der Waals surface area (Å²) < 4.78 is 5.21. The molecule has 1 aromatic heterocycles. The van der Waals surface area contributed by atoms with Crippen LogP contribution in [0.4, 0.5) is 5.95 Å². The Morgan fingerprint density at radius 2 is 1.94 bits per heavy atom. The molecule has 102 valence electrons. The molecule has 0 aliphatic rings. The highest BCUT2D eigenvalue weighted by atomic mass is 35.5. The van der Waals surface area contributed by atoms with Gasteiger partial charge in [-0.3, -0.25) is 0 Å². The summed E-state index contributed by atoms with van der Waals surface area (Å²) in [5.74, 6) is 0.424. The van der Waals surface area contributed by atoms with Gasteiger partial charge in [0.2, 0.25) is 11.2 Å². The summed E-state index contributed by atoms with van der Waals surface area (Å²) in [6.45, 7) is 7.27. The molecule has 0 aliphatic carbocycles. The highest BCUT2D eigenvalue weighted by Gasteiger charge is 2.20. The van der Waals surface area contributed by atoms with Crippen LogP contribution in [0.3, 0.4) is 0 Å². The summed E-state index contributed by atoms with van der Waals surface area (Å²) in [4.78, 5) is 14.1. The standard InChI is InChI=1S/C11H20ClN5O/c1-6-18-10-15-8(12)14-9(16-10)13-7-11(2,3)17(4)5/h6-7H2,1-5H3,(H,13,14,15,16). The van der Waals surface area contributed by atoms with Gasteiger partial charge in [0.05, 0.1) is 6.61 Å². The van der Waals surface area contributed by atoms with E-state index in [1.807, 2.05) is 21.0 Å². The third kappa shape index (κ3) is 4.27. The van der Waals surface area contributed by atoms with Crippen molar-refractivity contribution in [2.45, 2.75) is 26.3 Å². The maximum atomic E-state index is 5.81. The van der Waals surface area contributed by atoms with Crippen molar-refractivity contribution < 1.29 is 4.74 Å². The zero-order valence-corrected chi connectivity index (χ0v) is 12.2. The van der Waals surface area contributed by atoms with Gasteiger partial charge in [0.1, 0.15) is 0 Å². The molecule has 0 bridgehead atoms. The lowest BCUT2D eigenvalue weighted by Crippen LogP contribution is -2.44. The first-order valence-corrected chi connectivity index (χ1v) is 6.18. The van der Waals surface area contributed by atoms with E-state index >= 15 is 0 Å². The van der Waals surface area contributed by atoms with Crippen LogP contribution in [0.5, 0.6) is 6.01 Å². The minimum atomic E-state index is -0.0229. The van der Waals surface area contributed by atoms with Crippen molar-refractivity contribution in [1.29, 1.82) is 0 Å². The van der Waals surface area contributed by atoms with Gasteiger partial charge >= 0.3 is 6.01 Å².